The summed E-state index contributed by atoms with van der Waals surface area (Å²) in [7, 11) is 1.65. The highest BCUT2D eigenvalue weighted by Crippen LogP contribution is 2.19. The fourth-order valence-corrected chi connectivity index (χ4v) is 1.76. The first kappa shape index (κ1) is 10.1. The van der Waals surface area contributed by atoms with E-state index in [-0.39, 0.29) is 0 Å². The molecule has 3 nitrogen and oxygen atoms in total. The van der Waals surface area contributed by atoms with Gasteiger partial charge in [0.2, 0.25) is 0 Å². The van der Waals surface area contributed by atoms with Crippen LogP contribution in [0.3, 0.4) is 0 Å². The van der Waals surface area contributed by atoms with Crippen LogP contribution in [0.15, 0.2) is 18.2 Å². The van der Waals surface area contributed by atoms with Crippen LogP contribution in [0.2, 0.25) is 0 Å². The molecule has 0 amide bonds. The average Bonchev–Trinajstić information content (AvgIpc) is 2.28. The van der Waals surface area contributed by atoms with Gasteiger partial charge in [0.25, 0.3) is 0 Å². The Morgan fingerprint density at radius 2 is 2.27 bits per heavy atom. The Morgan fingerprint density at radius 1 is 1.47 bits per heavy atom. The first-order valence-electron chi connectivity index (χ1n) is 4.81. The molecule has 1 aromatic carbocycles. The molecule has 2 rings (SSSR count). The molecule has 0 saturated heterocycles. The second-order valence-electron chi connectivity index (χ2n) is 3.25. The highest BCUT2D eigenvalue weighted by molar-refractivity contribution is 7.71. The average molecular weight is 220 g/mol. The Hall–Kier alpha value is -1.42. The lowest BCUT2D eigenvalue weighted by Crippen LogP contribution is -1.94. The number of aromatic amines is 1. The van der Waals surface area contributed by atoms with E-state index in [2.05, 4.69) is 9.97 Å². The number of hydrogen-bond acceptors (Lipinski definition) is 3. The maximum Gasteiger partial charge on any atom is 0.137 e. The normalized spacial score (nSPS) is 10.5. The van der Waals surface area contributed by atoms with E-state index in [1.165, 1.54) is 0 Å². The monoisotopic (exact) mass is 220 g/mol. The molecular weight excluding hydrogens is 208 g/mol. The molecule has 1 N–H and O–H groups in total. The summed E-state index contributed by atoms with van der Waals surface area (Å²) in [5.74, 6) is 1.72. The third-order valence-corrected chi connectivity index (χ3v) is 2.62. The summed E-state index contributed by atoms with van der Waals surface area (Å²) in [6, 6.07) is 5.75. The number of ether oxygens (including phenoxy) is 1. The third kappa shape index (κ3) is 1.85. The minimum Gasteiger partial charge on any atom is -0.497 e. The van der Waals surface area contributed by atoms with Crippen LogP contribution < -0.4 is 4.74 Å². The van der Waals surface area contributed by atoms with E-state index >= 15 is 0 Å². The van der Waals surface area contributed by atoms with Crippen LogP contribution in [0.4, 0.5) is 0 Å². The van der Waals surface area contributed by atoms with Gasteiger partial charge in [-0.2, -0.15) is 0 Å². The molecule has 0 aliphatic carbocycles. The molecule has 2 aromatic rings. The van der Waals surface area contributed by atoms with Gasteiger partial charge in [-0.3, -0.25) is 0 Å². The van der Waals surface area contributed by atoms with Gasteiger partial charge in [0.05, 0.1) is 12.6 Å². The topological polar surface area (TPSA) is 37.9 Å². The first-order valence-corrected chi connectivity index (χ1v) is 5.22. The smallest absolute Gasteiger partial charge is 0.137 e. The summed E-state index contributed by atoms with van der Waals surface area (Å²) in [5, 5.41) is 0.961. The van der Waals surface area contributed by atoms with Gasteiger partial charge in [-0.1, -0.05) is 19.1 Å². The molecule has 1 heterocycles. The van der Waals surface area contributed by atoms with Gasteiger partial charge in [-0.25, -0.2) is 4.98 Å². The van der Waals surface area contributed by atoms with Gasteiger partial charge in [-0.05, 0) is 12.1 Å². The lowest BCUT2D eigenvalue weighted by atomic mass is 10.2. The molecule has 0 aliphatic heterocycles. The third-order valence-electron chi connectivity index (χ3n) is 2.31. The summed E-state index contributed by atoms with van der Waals surface area (Å²) < 4.78 is 5.80. The van der Waals surface area contributed by atoms with E-state index in [1.54, 1.807) is 7.11 Å². The van der Waals surface area contributed by atoms with E-state index in [9.17, 15) is 0 Å². The molecule has 0 radical (unpaired) electrons. The number of rotatable bonds is 2. The maximum atomic E-state index is 5.22. The molecule has 15 heavy (non-hydrogen) atoms. The minimum absolute atomic E-state index is 0.642. The summed E-state index contributed by atoms with van der Waals surface area (Å²) in [4.78, 5) is 7.53. The van der Waals surface area contributed by atoms with Crippen molar-refractivity contribution in [3.63, 3.8) is 0 Å². The first-order chi connectivity index (χ1) is 7.24. The molecule has 0 fully saturated rings. The van der Waals surface area contributed by atoms with Crippen LogP contribution >= 0.6 is 12.2 Å². The molecular formula is C11H12N2OS. The van der Waals surface area contributed by atoms with Crippen LogP contribution in [-0.2, 0) is 6.42 Å². The minimum atomic E-state index is 0.642. The fraction of sp³-hybridized carbons (Fsp3) is 0.273. The van der Waals surface area contributed by atoms with E-state index in [4.69, 9.17) is 17.0 Å². The summed E-state index contributed by atoms with van der Waals surface area (Å²) in [6.07, 6.45) is 0.844. The molecule has 0 atom stereocenters. The van der Waals surface area contributed by atoms with Crippen molar-refractivity contribution in [3.05, 3.63) is 28.7 Å². The molecule has 0 bridgehead atoms. The zero-order valence-electron chi connectivity index (χ0n) is 8.70. The number of nitrogens with zero attached hydrogens (tertiary/aromatic N) is 1. The SMILES string of the molecule is CCc1nc(=S)c2ccc(OC)cc2[nH]1. The Morgan fingerprint density at radius 3 is 2.93 bits per heavy atom. The largest absolute Gasteiger partial charge is 0.497 e. The van der Waals surface area contributed by atoms with Crippen molar-refractivity contribution in [3.8, 4) is 5.75 Å². The summed E-state index contributed by atoms with van der Waals surface area (Å²) in [6.45, 7) is 2.04. The van der Waals surface area contributed by atoms with Gasteiger partial charge in [0, 0.05) is 17.9 Å². The van der Waals surface area contributed by atoms with Crippen molar-refractivity contribution in [2.24, 2.45) is 0 Å². The van der Waals surface area contributed by atoms with Crippen LogP contribution in [0.5, 0.6) is 5.75 Å². The maximum absolute atomic E-state index is 5.22. The zero-order valence-corrected chi connectivity index (χ0v) is 9.52. The molecule has 0 unspecified atom stereocenters. The second-order valence-corrected chi connectivity index (χ2v) is 3.64. The van der Waals surface area contributed by atoms with Gasteiger partial charge in [0.1, 0.15) is 16.2 Å². The molecule has 78 valence electrons. The van der Waals surface area contributed by atoms with Crippen LogP contribution in [0, 0.1) is 4.64 Å². The fourth-order valence-electron chi connectivity index (χ4n) is 1.47. The molecule has 0 spiro atoms. The number of fused-ring (bicyclic) bond motifs is 1. The quantitative estimate of drug-likeness (QED) is 0.791. The number of H-pyrrole nitrogens is 1. The predicted octanol–water partition coefficient (Wildman–Crippen LogP) is 2.86. The molecule has 0 aliphatic rings. The highest BCUT2D eigenvalue weighted by Gasteiger charge is 2.01. The Kier molecular flexibility index (Phi) is 2.68. The number of hydrogen-bond donors (Lipinski definition) is 1. The van der Waals surface area contributed by atoms with Gasteiger partial charge < -0.3 is 9.72 Å². The van der Waals surface area contributed by atoms with Crippen LogP contribution in [0.25, 0.3) is 10.9 Å². The van der Waals surface area contributed by atoms with Crippen molar-refractivity contribution < 1.29 is 4.74 Å². The predicted molar refractivity (Wildman–Crippen MR) is 62.9 cm³/mol. The Bertz CT molecular complexity index is 543. The Labute approximate surface area is 93.1 Å². The van der Waals surface area contributed by atoms with Crippen molar-refractivity contribution in [1.29, 1.82) is 0 Å². The van der Waals surface area contributed by atoms with E-state index in [1.807, 2.05) is 25.1 Å². The number of aromatic nitrogens is 2. The van der Waals surface area contributed by atoms with Crippen molar-refractivity contribution in [1.82, 2.24) is 9.97 Å². The molecule has 1 aromatic heterocycles. The van der Waals surface area contributed by atoms with Gasteiger partial charge in [-0.15, -0.1) is 0 Å². The summed E-state index contributed by atoms with van der Waals surface area (Å²) in [5.41, 5.74) is 0.978. The molecule has 4 heteroatoms. The van der Waals surface area contributed by atoms with Crippen molar-refractivity contribution >= 4 is 23.1 Å². The number of benzene rings is 1. The Balaban J connectivity index is 2.75. The molecule has 0 saturated carbocycles. The number of aryl methyl sites for hydroxylation is 1. The van der Waals surface area contributed by atoms with E-state index in [0.717, 1.165) is 28.9 Å². The lowest BCUT2D eigenvalue weighted by molar-refractivity contribution is 0.415. The van der Waals surface area contributed by atoms with Crippen LogP contribution in [0.1, 0.15) is 12.7 Å². The number of methoxy groups -OCH3 is 1. The van der Waals surface area contributed by atoms with Crippen molar-refractivity contribution in [2.75, 3.05) is 7.11 Å². The second kappa shape index (κ2) is 3.98. The highest BCUT2D eigenvalue weighted by atomic mass is 32.1. The lowest BCUT2D eigenvalue weighted by Gasteiger charge is -2.04. The van der Waals surface area contributed by atoms with E-state index < -0.39 is 0 Å². The number of nitrogens with one attached hydrogen (secondary N) is 1. The summed E-state index contributed by atoms with van der Waals surface area (Å²) >= 11 is 5.22. The van der Waals surface area contributed by atoms with Gasteiger partial charge in [0.15, 0.2) is 0 Å². The van der Waals surface area contributed by atoms with Gasteiger partial charge >= 0.3 is 0 Å². The van der Waals surface area contributed by atoms with Crippen molar-refractivity contribution in [2.45, 2.75) is 13.3 Å². The van der Waals surface area contributed by atoms with E-state index in [0.29, 0.717) is 4.64 Å². The zero-order chi connectivity index (χ0) is 10.8. The standard InChI is InChI=1S/C11H12N2OS/c1-3-10-12-9-6-7(14-2)4-5-8(9)11(15)13-10/h4-6H,3H2,1-2H3,(H,12,13,15). The van der Waals surface area contributed by atoms with Crippen LogP contribution in [-0.4, -0.2) is 17.1 Å².